The number of likely N-dealkylation sites (tertiary alicyclic amines) is 2. The highest BCUT2D eigenvalue weighted by atomic mass is 16.2. The van der Waals surface area contributed by atoms with Crippen molar-refractivity contribution in [1.82, 2.24) is 20.4 Å². The molecule has 2 aliphatic heterocycles. The molecule has 24 heavy (non-hydrogen) atoms. The van der Waals surface area contributed by atoms with E-state index in [-0.39, 0.29) is 35.8 Å². The highest BCUT2D eigenvalue weighted by Gasteiger charge is 2.31. The molecule has 4 amide bonds. The van der Waals surface area contributed by atoms with Crippen LogP contribution in [0, 0.1) is 5.92 Å². The Morgan fingerprint density at radius 1 is 0.917 bits per heavy atom. The van der Waals surface area contributed by atoms with E-state index >= 15 is 0 Å². The lowest BCUT2D eigenvalue weighted by molar-refractivity contribution is -0.140. The maximum atomic E-state index is 12.6. The van der Waals surface area contributed by atoms with E-state index in [9.17, 15) is 14.4 Å². The Balaban J connectivity index is 1.73. The molecule has 136 valence electrons. The highest BCUT2D eigenvalue weighted by Crippen LogP contribution is 2.22. The lowest BCUT2D eigenvalue weighted by atomic mass is 9.94. The van der Waals surface area contributed by atoms with Gasteiger partial charge in [0.1, 0.15) is 0 Å². The van der Waals surface area contributed by atoms with Gasteiger partial charge in [0.05, 0.1) is 0 Å². The normalized spacial score (nSPS) is 20.2. The van der Waals surface area contributed by atoms with E-state index in [2.05, 4.69) is 10.6 Å². The molecule has 2 heterocycles. The summed E-state index contributed by atoms with van der Waals surface area (Å²) in [4.78, 5) is 39.5. The lowest BCUT2D eigenvalue weighted by Gasteiger charge is -2.37. The molecule has 0 aliphatic carbocycles. The fourth-order valence-electron chi connectivity index (χ4n) is 3.43. The van der Waals surface area contributed by atoms with E-state index in [1.54, 1.807) is 6.92 Å². The Bertz CT molecular complexity index is 464. The third-order valence-electron chi connectivity index (χ3n) is 4.85. The number of rotatable bonds is 3. The van der Waals surface area contributed by atoms with Crippen LogP contribution in [0.25, 0.3) is 0 Å². The number of piperidine rings is 2. The molecule has 2 rings (SSSR count). The molecule has 2 aliphatic rings. The van der Waals surface area contributed by atoms with Crippen molar-refractivity contribution in [2.24, 2.45) is 5.92 Å². The van der Waals surface area contributed by atoms with Crippen LogP contribution < -0.4 is 10.6 Å². The second-order valence-electron chi connectivity index (χ2n) is 7.15. The number of hydrogen-bond donors (Lipinski definition) is 2. The monoisotopic (exact) mass is 338 g/mol. The number of urea groups is 1. The van der Waals surface area contributed by atoms with Crippen molar-refractivity contribution in [2.45, 2.75) is 58.5 Å². The van der Waals surface area contributed by atoms with Gasteiger partial charge in [-0.05, 0) is 39.5 Å². The summed E-state index contributed by atoms with van der Waals surface area (Å²) in [5, 5.41) is 5.80. The second-order valence-corrected chi connectivity index (χ2v) is 7.15. The van der Waals surface area contributed by atoms with Crippen molar-refractivity contribution in [2.75, 3.05) is 26.2 Å². The maximum absolute atomic E-state index is 12.6. The Labute approximate surface area is 144 Å². The van der Waals surface area contributed by atoms with Gasteiger partial charge in [-0.1, -0.05) is 0 Å². The van der Waals surface area contributed by atoms with Gasteiger partial charge in [0.25, 0.3) is 0 Å². The van der Waals surface area contributed by atoms with Gasteiger partial charge in [-0.3, -0.25) is 9.59 Å². The van der Waals surface area contributed by atoms with Crippen LogP contribution in [-0.4, -0.2) is 65.9 Å². The van der Waals surface area contributed by atoms with Gasteiger partial charge in [-0.15, -0.1) is 0 Å². The summed E-state index contributed by atoms with van der Waals surface area (Å²) in [6, 6.07) is 0.117. The SMILES string of the molecule is CC(=O)N1CCC(C(=O)N2CCC(NC(=O)NC(C)C)CC2)CC1. The molecule has 2 fully saturated rings. The molecule has 0 aromatic heterocycles. The summed E-state index contributed by atoms with van der Waals surface area (Å²) in [6.07, 6.45) is 3.11. The molecular weight excluding hydrogens is 308 g/mol. The number of carbonyl (C=O) groups excluding carboxylic acids is 3. The molecular formula is C17H30N4O3. The summed E-state index contributed by atoms with van der Waals surface area (Å²) < 4.78 is 0. The van der Waals surface area contributed by atoms with Crippen LogP contribution in [0.5, 0.6) is 0 Å². The predicted molar refractivity (Wildman–Crippen MR) is 91.4 cm³/mol. The summed E-state index contributed by atoms with van der Waals surface area (Å²) in [7, 11) is 0. The first-order valence-electron chi connectivity index (χ1n) is 8.98. The van der Waals surface area contributed by atoms with Crippen molar-refractivity contribution in [1.29, 1.82) is 0 Å². The fraction of sp³-hybridized carbons (Fsp3) is 0.824. The first-order valence-corrected chi connectivity index (χ1v) is 8.98. The molecule has 2 N–H and O–H groups in total. The van der Waals surface area contributed by atoms with E-state index in [1.165, 1.54) is 0 Å². The van der Waals surface area contributed by atoms with E-state index in [4.69, 9.17) is 0 Å². The maximum Gasteiger partial charge on any atom is 0.315 e. The van der Waals surface area contributed by atoms with Crippen LogP contribution >= 0.6 is 0 Å². The van der Waals surface area contributed by atoms with Gasteiger partial charge in [-0.25, -0.2) is 4.79 Å². The average molecular weight is 338 g/mol. The zero-order chi connectivity index (χ0) is 17.7. The van der Waals surface area contributed by atoms with Gasteiger partial charge in [0.2, 0.25) is 11.8 Å². The topological polar surface area (TPSA) is 81.8 Å². The third kappa shape index (κ3) is 5.11. The summed E-state index contributed by atoms with van der Waals surface area (Å²) in [6.45, 7) is 8.18. The van der Waals surface area contributed by atoms with E-state index in [1.807, 2.05) is 23.6 Å². The molecule has 7 nitrogen and oxygen atoms in total. The van der Waals surface area contributed by atoms with Crippen molar-refractivity contribution >= 4 is 17.8 Å². The molecule has 0 aromatic rings. The van der Waals surface area contributed by atoms with Crippen LogP contribution in [0.2, 0.25) is 0 Å². The van der Waals surface area contributed by atoms with Gasteiger partial charge < -0.3 is 20.4 Å². The first kappa shape index (κ1) is 18.5. The Morgan fingerprint density at radius 3 is 1.96 bits per heavy atom. The Morgan fingerprint density at radius 2 is 1.46 bits per heavy atom. The molecule has 0 aromatic carbocycles. The van der Waals surface area contributed by atoms with Crippen LogP contribution in [-0.2, 0) is 9.59 Å². The number of amides is 4. The van der Waals surface area contributed by atoms with Gasteiger partial charge in [-0.2, -0.15) is 0 Å². The first-order chi connectivity index (χ1) is 11.4. The van der Waals surface area contributed by atoms with Crippen LogP contribution in [0.3, 0.4) is 0 Å². The Kier molecular flexibility index (Phi) is 6.45. The fourth-order valence-corrected chi connectivity index (χ4v) is 3.43. The summed E-state index contributed by atoms with van der Waals surface area (Å²) >= 11 is 0. The van der Waals surface area contributed by atoms with Crippen molar-refractivity contribution in [3.05, 3.63) is 0 Å². The van der Waals surface area contributed by atoms with Crippen LogP contribution in [0.1, 0.15) is 46.5 Å². The lowest BCUT2D eigenvalue weighted by Crippen LogP contribution is -2.51. The zero-order valence-corrected chi connectivity index (χ0v) is 15.0. The number of nitrogens with one attached hydrogen (secondary N) is 2. The van der Waals surface area contributed by atoms with Crippen LogP contribution in [0.15, 0.2) is 0 Å². The summed E-state index contributed by atoms with van der Waals surface area (Å²) in [5.41, 5.74) is 0. The molecule has 0 bridgehead atoms. The minimum atomic E-state index is -0.133. The zero-order valence-electron chi connectivity index (χ0n) is 15.0. The second kappa shape index (κ2) is 8.35. The summed E-state index contributed by atoms with van der Waals surface area (Å²) in [5.74, 6) is 0.338. The molecule has 0 unspecified atom stereocenters. The van der Waals surface area contributed by atoms with Crippen molar-refractivity contribution in [3.63, 3.8) is 0 Å². The number of hydrogen-bond acceptors (Lipinski definition) is 3. The molecule has 0 atom stereocenters. The van der Waals surface area contributed by atoms with Gasteiger partial charge >= 0.3 is 6.03 Å². The standard InChI is InChI=1S/C17H30N4O3/c1-12(2)18-17(24)19-15-6-10-21(11-7-15)16(23)14-4-8-20(9-5-14)13(3)22/h12,14-15H,4-11H2,1-3H3,(H2,18,19,24). The van der Waals surface area contributed by atoms with E-state index < -0.39 is 0 Å². The van der Waals surface area contributed by atoms with E-state index in [0.29, 0.717) is 26.2 Å². The molecule has 0 saturated carbocycles. The minimum absolute atomic E-state index is 0.0364. The smallest absolute Gasteiger partial charge is 0.315 e. The van der Waals surface area contributed by atoms with Gasteiger partial charge in [0, 0.05) is 51.1 Å². The van der Waals surface area contributed by atoms with Crippen molar-refractivity contribution < 1.29 is 14.4 Å². The van der Waals surface area contributed by atoms with E-state index in [0.717, 1.165) is 25.7 Å². The van der Waals surface area contributed by atoms with Crippen LogP contribution in [0.4, 0.5) is 4.79 Å². The van der Waals surface area contributed by atoms with Crippen molar-refractivity contribution in [3.8, 4) is 0 Å². The molecule has 0 radical (unpaired) electrons. The van der Waals surface area contributed by atoms with Gasteiger partial charge in [0.15, 0.2) is 0 Å². The third-order valence-corrected chi connectivity index (χ3v) is 4.85. The molecule has 0 spiro atoms. The molecule has 7 heteroatoms. The largest absolute Gasteiger partial charge is 0.343 e. The Hall–Kier alpha value is -1.79. The minimum Gasteiger partial charge on any atom is -0.343 e. The number of nitrogens with zero attached hydrogens (tertiary/aromatic N) is 2. The number of carbonyl (C=O) groups is 3. The molecule has 2 saturated heterocycles. The quantitative estimate of drug-likeness (QED) is 0.804. The predicted octanol–water partition coefficient (Wildman–Crippen LogP) is 0.944. The highest BCUT2D eigenvalue weighted by molar-refractivity contribution is 5.80. The average Bonchev–Trinajstić information content (AvgIpc) is 2.54.